The molecule has 2 aromatic rings. The van der Waals surface area contributed by atoms with Gasteiger partial charge < -0.3 is 25.4 Å². The molecule has 1 aliphatic carbocycles. The molecular formula is C26H31N3O5. The number of benzene rings is 2. The SMILES string of the molecule is O=C(O)CC(NC(=O)OCC1c2ccccc2-c2ccccc21)C(=O)NCCCN1CCCC1. The van der Waals surface area contributed by atoms with E-state index in [1.54, 1.807) is 0 Å². The van der Waals surface area contributed by atoms with Gasteiger partial charge in [-0.1, -0.05) is 48.5 Å². The zero-order valence-corrected chi connectivity index (χ0v) is 19.2. The van der Waals surface area contributed by atoms with Gasteiger partial charge in [0.25, 0.3) is 0 Å². The van der Waals surface area contributed by atoms with E-state index in [-0.39, 0.29) is 12.5 Å². The second kappa shape index (κ2) is 11.2. The van der Waals surface area contributed by atoms with E-state index in [9.17, 15) is 19.5 Å². The second-order valence-corrected chi connectivity index (χ2v) is 8.81. The lowest BCUT2D eigenvalue weighted by atomic mass is 9.98. The molecule has 2 aliphatic rings. The van der Waals surface area contributed by atoms with Gasteiger partial charge in [0.1, 0.15) is 12.6 Å². The maximum atomic E-state index is 12.5. The Balaban J connectivity index is 1.30. The highest BCUT2D eigenvalue weighted by Crippen LogP contribution is 2.44. The Morgan fingerprint density at radius 2 is 1.62 bits per heavy atom. The summed E-state index contributed by atoms with van der Waals surface area (Å²) in [6.07, 6.45) is 1.87. The van der Waals surface area contributed by atoms with Crippen molar-refractivity contribution in [1.82, 2.24) is 15.5 Å². The molecule has 0 aromatic heterocycles. The van der Waals surface area contributed by atoms with Crippen LogP contribution in [0.4, 0.5) is 4.79 Å². The molecule has 0 spiro atoms. The highest BCUT2D eigenvalue weighted by atomic mass is 16.5. The van der Waals surface area contributed by atoms with Crippen molar-refractivity contribution in [3.63, 3.8) is 0 Å². The van der Waals surface area contributed by atoms with E-state index in [0.717, 1.165) is 48.3 Å². The molecule has 180 valence electrons. The standard InChI is InChI=1S/C26H31N3O5/c30-24(31)16-23(25(32)27-12-7-15-29-13-5-6-14-29)28-26(33)34-17-22-20-10-3-1-8-18(20)19-9-2-4-11-21(19)22/h1-4,8-11,22-23H,5-7,12-17H2,(H,27,32)(H,28,33)(H,30,31). The molecule has 0 bridgehead atoms. The molecule has 1 atom stereocenters. The molecule has 1 fully saturated rings. The quantitative estimate of drug-likeness (QED) is 0.466. The van der Waals surface area contributed by atoms with Crippen molar-refractivity contribution in [3.05, 3.63) is 59.7 Å². The first-order valence-electron chi connectivity index (χ1n) is 11.9. The average molecular weight is 466 g/mol. The number of ether oxygens (including phenoxy) is 1. The van der Waals surface area contributed by atoms with Crippen LogP contribution >= 0.6 is 0 Å². The highest BCUT2D eigenvalue weighted by Gasteiger charge is 2.30. The van der Waals surface area contributed by atoms with Gasteiger partial charge in [0, 0.05) is 12.5 Å². The molecule has 3 N–H and O–H groups in total. The molecule has 1 unspecified atom stereocenters. The van der Waals surface area contributed by atoms with Gasteiger partial charge in [-0.15, -0.1) is 0 Å². The minimum absolute atomic E-state index is 0.0944. The molecule has 1 heterocycles. The number of alkyl carbamates (subject to hydrolysis) is 1. The van der Waals surface area contributed by atoms with Crippen LogP contribution in [0.25, 0.3) is 11.1 Å². The van der Waals surface area contributed by atoms with Crippen molar-refractivity contribution in [2.75, 3.05) is 32.8 Å². The third-order valence-corrected chi connectivity index (χ3v) is 6.48. The predicted octanol–water partition coefficient (Wildman–Crippen LogP) is 2.97. The maximum absolute atomic E-state index is 12.5. The summed E-state index contributed by atoms with van der Waals surface area (Å²) in [5, 5.41) is 14.4. The van der Waals surface area contributed by atoms with Crippen LogP contribution in [-0.4, -0.2) is 66.8 Å². The minimum atomic E-state index is -1.19. The third-order valence-electron chi connectivity index (χ3n) is 6.48. The zero-order valence-electron chi connectivity index (χ0n) is 19.2. The summed E-state index contributed by atoms with van der Waals surface area (Å²) < 4.78 is 5.47. The summed E-state index contributed by atoms with van der Waals surface area (Å²) in [6.45, 7) is 3.58. The smallest absolute Gasteiger partial charge is 0.407 e. The van der Waals surface area contributed by atoms with E-state index in [1.807, 2.05) is 48.5 Å². The second-order valence-electron chi connectivity index (χ2n) is 8.81. The van der Waals surface area contributed by atoms with Gasteiger partial charge in [0.05, 0.1) is 6.42 Å². The summed E-state index contributed by atoms with van der Waals surface area (Å²) in [4.78, 5) is 38.7. The molecule has 0 radical (unpaired) electrons. The lowest BCUT2D eigenvalue weighted by Gasteiger charge is -2.19. The van der Waals surface area contributed by atoms with E-state index in [0.29, 0.717) is 6.54 Å². The van der Waals surface area contributed by atoms with Crippen molar-refractivity contribution in [3.8, 4) is 11.1 Å². The van der Waals surface area contributed by atoms with E-state index in [2.05, 4.69) is 15.5 Å². The lowest BCUT2D eigenvalue weighted by molar-refractivity contribution is -0.139. The molecule has 4 rings (SSSR count). The molecular weight excluding hydrogens is 434 g/mol. The normalized spacial score (nSPS) is 15.9. The number of nitrogens with one attached hydrogen (secondary N) is 2. The summed E-state index contributed by atoms with van der Waals surface area (Å²) in [7, 11) is 0. The van der Waals surface area contributed by atoms with Crippen LogP contribution in [0.15, 0.2) is 48.5 Å². The van der Waals surface area contributed by atoms with Crippen LogP contribution in [-0.2, 0) is 14.3 Å². The molecule has 8 nitrogen and oxygen atoms in total. The van der Waals surface area contributed by atoms with Gasteiger partial charge >= 0.3 is 12.1 Å². The lowest BCUT2D eigenvalue weighted by Crippen LogP contribution is -2.48. The number of likely N-dealkylation sites (tertiary alicyclic amines) is 1. The van der Waals surface area contributed by atoms with Gasteiger partial charge in [-0.2, -0.15) is 0 Å². The van der Waals surface area contributed by atoms with Crippen LogP contribution < -0.4 is 10.6 Å². The number of fused-ring (bicyclic) bond motifs is 3. The van der Waals surface area contributed by atoms with Crippen molar-refractivity contribution < 1.29 is 24.2 Å². The Bertz CT molecular complexity index is 989. The third kappa shape index (κ3) is 5.75. The summed E-state index contributed by atoms with van der Waals surface area (Å²) >= 11 is 0. The predicted molar refractivity (Wildman–Crippen MR) is 128 cm³/mol. The summed E-state index contributed by atoms with van der Waals surface area (Å²) in [5.74, 6) is -1.80. The average Bonchev–Trinajstić information content (AvgIpc) is 3.46. The molecule has 0 saturated carbocycles. The fraction of sp³-hybridized carbons (Fsp3) is 0.423. The van der Waals surface area contributed by atoms with Crippen LogP contribution in [0.2, 0.25) is 0 Å². The monoisotopic (exact) mass is 465 g/mol. The van der Waals surface area contributed by atoms with Gasteiger partial charge in [-0.05, 0) is 61.2 Å². The molecule has 34 heavy (non-hydrogen) atoms. The van der Waals surface area contributed by atoms with E-state index >= 15 is 0 Å². The van der Waals surface area contributed by atoms with Crippen LogP contribution in [0.3, 0.4) is 0 Å². The first-order chi connectivity index (χ1) is 16.5. The number of carboxylic acids is 1. The van der Waals surface area contributed by atoms with E-state index in [4.69, 9.17) is 4.74 Å². The van der Waals surface area contributed by atoms with E-state index in [1.165, 1.54) is 12.8 Å². The Morgan fingerprint density at radius 1 is 1.00 bits per heavy atom. The van der Waals surface area contributed by atoms with Crippen molar-refractivity contribution in [1.29, 1.82) is 0 Å². The number of carboxylic acid groups (broad SMARTS) is 1. The minimum Gasteiger partial charge on any atom is -0.481 e. The number of nitrogens with zero attached hydrogens (tertiary/aromatic N) is 1. The number of aliphatic carboxylic acids is 1. The first kappa shape index (κ1) is 23.8. The topological polar surface area (TPSA) is 108 Å². The number of hydrogen-bond donors (Lipinski definition) is 3. The van der Waals surface area contributed by atoms with Crippen molar-refractivity contribution >= 4 is 18.0 Å². The Kier molecular flexibility index (Phi) is 7.80. The molecule has 1 saturated heterocycles. The first-order valence-corrected chi connectivity index (χ1v) is 11.9. The Morgan fingerprint density at radius 3 is 2.24 bits per heavy atom. The highest BCUT2D eigenvalue weighted by molar-refractivity contribution is 5.89. The number of rotatable bonds is 10. The van der Waals surface area contributed by atoms with Gasteiger partial charge in [0.15, 0.2) is 0 Å². The van der Waals surface area contributed by atoms with Gasteiger partial charge in [-0.25, -0.2) is 4.79 Å². The molecule has 1 aliphatic heterocycles. The number of carbonyl (C=O) groups excluding carboxylic acids is 2. The van der Waals surface area contributed by atoms with Gasteiger partial charge in [0.2, 0.25) is 5.91 Å². The number of hydrogen-bond acceptors (Lipinski definition) is 5. The summed E-state index contributed by atoms with van der Waals surface area (Å²) in [6, 6.07) is 14.8. The van der Waals surface area contributed by atoms with Crippen LogP contribution in [0, 0.1) is 0 Å². The molecule has 2 amide bonds. The zero-order chi connectivity index (χ0) is 23.9. The maximum Gasteiger partial charge on any atom is 0.407 e. The van der Waals surface area contributed by atoms with Crippen molar-refractivity contribution in [2.45, 2.75) is 37.6 Å². The Hall–Kier alpha value is -3.39. The van der Waals surface area contributed by atoms with Crippen LogP contribution in [0.5, 0.6) is 0 Å². The fourth-order valence-electron chi connectivity index (χ4n) is 4.81. The number of carbonyl (C=O) groups is 3. The van der Waals surface area contributed by atoms with Crippen LogP contribution in [0.1, 0.15) is 42.7 Å². The fourth-order valence-corrected chi connectivity index (χ4v) is 4.81. The van der Waals surface area contributed by atoms with Crippen molar-refractivity contribution in [2.24, 2.45) is 0 Å². The van der Waals surface area contributed by atoms with E-state index < -0.39 is 30.4 Å². The Labute approximate surface area is 199 Å². The van der Waals surface area contributed by atoms with Gasteiger partial charge in [-0.3, -0.25) is 9.59 Å². The molecule has 2 aromatic carbocycles. The largest absolute Gasteiger partial charge is 0.481 e. The summed E-state index contributed by atoms with van der Waals surface area (Å²) in [5.41, 5.74) is 4.39. The number of amides is 2. The molecule has 8 heteroatoms.